The number of nitrogens with one attached hydrogen (secondary N) is 1. The summed E-state index contributed by atoms with van der Waals surface area (Å²) >= 11 is 0. The fourth-order valence-corrected chi connectivity index (χ4v) is 3.00. The number of aromatic nitrogens is 3. The van der Waals surface area contributed by atoms with Crippen LogP contribution in [-0.4, -0.2) is 33.4 Å². The highest BCUT2D eigenvalue weighted by atomic mass is 16.5. The number of nitrogens with zero attached hydrogens (tertiary/aromatic N) is 2. The summed E-state index contributed by atoms with van der Waals surface area (Å²) in [5.41, 5.74) is 3.19. The van der Waals surface area contributed by atoms with Crippen molar-refractivity contribution < 1.29 is 14.6 Å². The van der Waals surface area contributed by atoms with Crippen LogP contribution in [0.1, 0.15) is 10.4 Å². The molecule has 0 bridgehead atoms. The van der Waals surface area contributed by atoms with Gasteiger partial charge in [0, 0.05) is 11.1 Å². The highest BCUT2D eigenvalue weighted by Crippen LogP contribution is 2.34. The predicted octanol–water partition coefficient (Wildman–Crippen LogP) is 4.00. The molecule has 0 aliphatic rings. The van der Waals surface area contributed by atoms with E-state index in [9.17, 15) is 9.90 Å². The minimum Gasteiger partial charge on any atom is -0.496 e. The number of fused-ring (bicyclic) bond motifs is 1. The van der Waals surface area contributed by atoms with Gasteiger partial charge in [0.2, 0.25) is 0 Å². The number of hydrogen-bond acceptors (Lipinski definition) is 4. The van der Waals surface area contributed by atoms with Crippen molar-refractivity contribution in [3.8, 4) is 28.3 Å². The molecule has 0 radical (unpaired) electrons. The molecule has 0 aliphatic heterocycles. The van der Waals surface area contributed by atoms with Crippen molar-refractivity contribution >= 4 is 17.0 Å². The Labute approximate surface area is 149 Å². The Morgan fingerprint density at radius 3 is 2.54 bits per heavy atom. The van der Waals surface area contributed by atoms with Crippen LogP contribution in [0, 0.1) is 0 Å². The third kappa shape index (κ3) is 2.57. The normalized spacial score (nSPS) is 10.8. The summed E-state index contributed by atoms with van der Waals surface area (Å²) in [6, 6.07) is 18.4. The standard InChI is InChI=1S/C20H15N3O3/c1-26-16-10-6-5-9-13(16)15-11-14(20(24)25)17-18(22-23-19(17)21-15)12-7-3-2-4-8-12/h2-11H,1H3,(H,24,25)(H,21,22,23). The highest BCUT2D eigenvalue weighted by molar-refractivity contribution is 6.08. The summed E-state index contributed by atoms with van der Waals surface area (Å²) < 4.78 is 5.37. The summed E-state index contributed by atoms with van der Waals surface area (Å²) in [6.07, 6.45) is 0. The van der Waals surface area contributed by atoms with Crippen LogP contribution < -0.4 is 4.74 Å². The number of hydrogen-bond donors (Lipinski definition) is 2. The highest BCUT2D eigenvalue weighted by Gasteiger charge is 2.20. The Morgan fingerprint density at radius 2 is 1.81 bits per heavy atom. The average Bonchev–Trinajstić information content (AvgIpc) is 3.11. The minimum atomic E-state index is -1.04. The van der Waals surface area contributed by atoms with Crippen molar-refractivity contribution in [3.05, 3.63) is 66.2 Å². The molecule has 0 amide bonds. The summed E-state index contributed by atoms with van der Waals surface area (Å²) in [6.45, 7) is 0. The molecule has 26 heavy (non-hydrogen) atoms. The first-order chi connectivity index (χ1) is 12.7. The first kappa shape index (κ1) is 15.8. The van der Waals surface area contributed by atoms with Crippen LogP contribution in [0.2, 0.25) is 0 Å². The van der Waals surface area contributed by atoms with Crippen LogP contribution in [0.15, 0.2) is 60.7 Å². The Hall–Kier alpha value is -3.67. The molecule has 0 fully saturated rings. The van der Waals surface area contributed by atoms with Gasteiger partial charge in [-0.25, -0.2) is 9.78 Å². The number of ether oxygens (including phenoxy) is 1. The third-order valence-electron chi connectivity index (χ3n) is 4.20. The summed E-state index contributed by atoms with van der Waals surface area (Å²) in [5, 5.41) is 17.4. The van der Waals surface area contributed by atoms with Gasteiger partial charge in [-0.3, -0.25) is 5.10 Å². The second-order valence-corrected chi connectivity index (χ2v) is 5.72. The Bertz CT molecular complexity index is 1100. The van der Waals surface area contributed by atoms with Gasteiger partial charge in [0.25, 0.3) is 0 Å². The molecule has 0 saturated heterocycles. The van der Waals surface area contributed by atoms with Crippen molar-refractivity contribution in [2.24, 2.45) is 0 Å². The molecule has 0 aliphatic carbocycles. The number of carboxylic acids is 1. The molecule has 0 unspecified atom stereocenters. The Morgan fingerprint density at radius 1 is 1.08 bits per heavy atom. The van der Waals surface area contributed by atoms with Crippen LogP contribution in [0.4, 0.5) is 0 Å². The smallest absolute Gasteiger partial charge is 0.336 e. The van der Waals surface area contributed by atoms with Gasteiger partial charge in [0.1, 0.15) is 5.75 Å². The van der Waals surface area contributed by atoms with Gasteiger partial charge in [-0.2, -0.15) is 5.10 Å². The minimum absolute atomic E-state index is 0.142. The molecule has 2 heterocycles. The Balaban J connectivity index is 1.99. The zero-order valence-electron chi connectivity index (χ0n) is 13.9. The second kappa shape index (κ2) is 6.33. The van der Waals surface area contributed by atoms with Gasteiger partial charge in [-0.1, -0.05) is 42.5 Å². The number of para-hydroxylation sites is 1. The molecule has 6 nitrogen and oxygen atoms in total. The number of carboxylic acid groups (broad SMARTS) is 1. The lowest BCUT2D eigenvalue weighted by molar-refractivity contribution is 0.0699. The molecular formula is C20H15N3O3. The second-order valence-electron chi connectivity index (χ2n) is 5.72. The molecule has 6 heteroatoms. The maximum atomic E-state index is 11.9. The van der Waals surface area contributed by atoms with E-state index in [1.165, 1.54) is 0 Å². The summed E-state index contributed by atoms with van der Waals surface area (Å²) in [7, 11) is 1.57. The number of aromatic carboxylic acids is 1. The predicted molar refractivity (Wildman–Crippen MR) is 98.3 cm³/mol. The van der Waals surface area contributed by atoms with E-state index in [0.717, 1.165) is 5.56 Å². The fourth-order valence-electron chi connectivity index (χ4n) is 3.00. The maximum Gasteiger partial charge on any atom is 0.336 e. The van der Waals surface area contributed by atoms with E-state index in [4.69, 9.17) is 4.74 Å². The lowest BCUT2D eigenvalue weighted by atomic mass is 10.0. The van der Waals surface area contributed by atoms with Crippen molar-refractivity contribution in [1.82, 2.24) is 15.2 Å². The fraction of sp³-hybridized carbons (Fsp3) is 0.0500. The topological polar surface area (TPSA) is 88.1 Å². The zero-order valence-corrected chi connectivity index (χ0v) is 13.9. The van der Waals surface area contributed by atoms with E-state index >= 15 is 0 Å². The van der Waals surface area contributed by atoms with E-state index in [-0.39, 0.29) is 5.56 Å². The van der Waals surface area contributed by atoms with E-state index in [1.54, 1.807) is 13.2 Å². The summed E-state index contributed by atoms with van der Waals surface area (Å²) in [4.78, 5) is 16.5. The van der Waals surface area contributed by atoms with Crippen molar-refractivity contribution in [1.29, 1.82) is 0 Å². The molecule has 4 rings (SSSR count). The van der Waals surface area contributed by atoms with Crippen molar-refractivity contribution in [3.63, 3.8) is 0 Å². The summed E-state index contributed by atoms with van der Waals surface area (Å²) in [5.74, 6) is -0.415. The molecule has 0 atom stereocenters. The van der Waals surface area contributed by atoms with Gasteiger partial charge in [0.05, 0.1) is 29.4 Å². The number of pyridine rings is 1. The van der Waals surface area contributed by atoms with E-state index in [0.29, 0.717) is 33.7 Å². The van der Waals surface area contributed by atoms with E-state index in [2.05, 4.69) is 15.2 Å². The third-order valence-corrected chi connectivity index (χ3v) is 4.20. The molecule has 2 aromatic carbocycles. The quantitative estimate of drug-likeness (QED) is 0.584. The van der Waals surface area contributed by atoms with E-state index in [1.807, 2.05) is 54.6 Å². The molecule has 0 saturated carbocycles. The van der Waals surface area contributed by atoms with Gasteiger partial charge >= 0.3 is 5.97 Å². The first-order valence-corrected chi connectivity index (χ1v) is 8.00. The van der Waals surface area contributed by atoms with E-state index < -0.39 is 5.97 Å². The Kier molecular flexibility index (Phi) is 3.85. The first-order valence-electron chi connectivity index (χ1n) is 8.00. The largest absolute Gasteiger partial charge is 0.496 e. The number of benzene rings is 2. The van der Waals surface area contributed by atoms with Gasteiger partial charge in [0.15, 0.2) is 5.65 Å². The van der Waals surface area contributed by atoms with Crippen LogP contribution in [0.5, 0.6) is 5.75 Å². The van der Waals surface area contributed by atoms with Gasteiger partial charge in [-0.15, -0.1) is 0 Å². The van der Waals surface area contributed by atoms with Gasteiger partial charge in [-0.05, 0) is 18.2 Å². The zero-order chi connectivity index (χ0) is 18.1. The average molecular weight is 345 g/mol. The van der Waals surface area contributed by atoms with Crippen molar-refractivity contribution in [2.45, 2.75) is 0 Å². The maximum absolute atomic E-state index is 11.9. The number of aromatic amines is 1. The number of methoxy groups -OCH3 is 1. The SMILES string of the molecule is COc1ccccc1-c1cc(C(=O)O)c2c(-c3ccccc3)[nH]nc2n1. The molecule has 4 aromatic rings. The molecular weight excluding hydrogens is 330 g/mol. The van der Waals surface area contributed by atoms with Gasteiger partial charge < -0.3 is 9.84 Å². The number of carbonyl (C=O) groups is 1. The molecule has 128 valence electrons. The molecule has 0 spiro atoms. The lowest BCUT2D eigenvalue weighted by Gasteiger charge is -2.09. The molecule has 2 aromatic heterocycles. The number of H-pyrrole nitrogens is 1. The van der Waals surface area contributed by atoms with Crippen LogP contribution in [0.3, 0.4) is 0 Å². The van der Waals surface area contributed by atoms with Crippen LogP contribution in [-0.2, 0) is 0 Å². The van der Waals surface area contributed by atoms with Crippen LogP contribution >= 0.6 is 0 Å². The van der Waals surface area contributed by atoms with Crippen LogP contribution in [0.25, 0.3) is 33.5 Å². The monoisotopic (exact) mass is 345 g/mol. The molecule has 2 N–H and O–H groups in total. The lowest BCUT2D eigenvalue weighted by Crippen LogP contribution is -2.01. The number of rotatable bonds is 4. The van der Waals surface area contributed by atoms with Crippen molar-refractivity contribution in [2.75, 3.05) is 7.11 Å².